The number of rotatable bonds is 4. The maximum atomic E-state index is 13.5. The first kappa shape index (κ1) is 16.2. The monoisotopic (exact) mass is 347 g/mol. The van der Waals surface area contributed by atoms with Crippen LogP contribution in [-0.4, -0.2) is 50.7 Å². The van der Waals surface area contributed by atoms with Gasteiger partial charge >= 0.3 is 0 Å². The first-order chi connectivity index (χ1) is 12.3. The molecule has 0 bridgehead atoms. The summed E-state index contributed by atoms with van der Waals surface area (Å²) < 4.78 is 18.6. The van der Waals surface area contributed by atoms with Crippen molar-refractivity contribution in [1.82, 2.24) is 25.1 Å². The summed E-state index contributed by atoms with van der Waals surface area (Å²) in [5.74, 6) is 1.41. The first-order valence-corrected chi connectivity index (χ1v) is 8.92. The molecule has 1 saturated carbocycles. The average Bonchev–Trinajstić information content (AvgIpc) is 3.41. The summed E-state index contributed by atoms with van der Waals surface area (Å²) in [7, 11) is 0. The van der Waals surface area contributed by atoms with Crippen LogP contribution >= 0.6 is 0 Å². The molecule has 0 radical (unpaired) electrons. The maximum absolute atomic E-state index is 13.5. The van der Waals surface area contributed by atoms with Gasteiger partial charge in [0.05, 0.1) is 12.9 Å². The Morgan fingerprint density at radius 2 is 2.16 bits per heavy atom. The summed E-state index contributed by atoms with van der Waals surface area (Å²) in [6.07, 6.45) is 8.54. The number of nitrogens with one attached hydrogen (secondary N) is 1. The predicted molar refractivity (Wildman–Crippen MR) is 86.8 cm³/mol. The molecule has 2 unspecified atom stereocenters. The number of hydrogen-bond acceptors (Lipinski definition) is 5. The van der Waals surface area contributed by atoms with Crippen LogP contribution in [0, 0.1) is 5.92 Å². The van der Waals surface area contributed by atoms with Gasteiger partial charge in [0.25, 0.3) is 5.91 Å². The van der Waals surface area contributed by atoms with Gasteiger partial charge in [-0.05, 0) is 12.8 Å². The van der Waals surface area contributed by atoms with Crippen molar-refractivity contribution in [2.24, 2.45) is 5.92 Å². The zero-order valence-corrected chi connectivity index (χ0v) is 14.0. The minimum atomic E-state index is -0.496. The molecule has 2 atom stereocenters. The Morgan fingerprint density at radius 1 is 1.32 bits per heavy atom. The Kier molecular flexibility index (Phi) is 4.50. The third-order valence-electron chi connectivity index (χ3n) is 5.41. The number of carbonyl (C=O) groups is 1. The third kappa shape index (κ3) is 3.17. The van der Waals surface area contributed by atoms with Crippen LogP contribution in [0.15, 0.2) is 17.0 Å². The van der Waals surface area contributed by atoms with E-state index in [-0.39, 0.29) is 23.5 Å². The molecule has 1 N–H and O–H groups in total. The number of likely N-dealkylation sites (tertiary alicyclic amines) is 1. The van der Waals surface area contributed by atoms with E-state index >= 15 is 0 Å². The van der Waals surface area contributed by atoms with E-state index in [1.165, 1.54) is 31.9 Å². The van der Waals surface area contributed by atoms with Crippen molar-refractivity contribution in [2.75, 3.05) is 19.8 Å². The van der Waals surface area contributed by atoms with Gasteiger partial charge in [0.1, 0.15) is 5.82 Å². The van der Waals surface area contributed by atoms with Crippen molar-refractivity contribution < 1.29 is 13.6 Å². The van der Waals surface area contributed by atoms with E-state index in [9.17, 15) is 9.18 Å². The molecule has 2 aliphatic rings. The fourth-order valence-corrected chi connectivity index (χ4v) is 3.98. The van der Waals surface area contributed by atoms with Crippen molar-refractivity contribution in [3.8, 4) is 0 Å². The molecule has 25 heavy (non-hydrogen) atoms. The second kappa shape index (κ2) is 6.93. The average molecular weight is 347 g/mol. The lowest BCUT2D eigenvalue weighted by molar-refractivity contribution is 0.0753. The van der Waals surface area contributed by atoms with Gasteiger partial charge in [-0.1, -0.05) is 19.3 Å². The Hall–Kier alpha value is -2.25. The largest absolute Gasteiger partial charge is 0.438 e. The van der Waals surface area contributed by atoms with E-state index < -0.39 is 6.67 Å². The minimum absolute atomic E-state index is 0.165. The summed E-state index contributed by atoms with van der Waals surface area (Å²) in [6, 6.07) is 0. The van der Waals surface area contributed by atoms with Crippen molar-refractivity contribution in [1.29, 1.82) is 0 Å². The number of nitrogens with zero attached hydrogens (tertiary/aromatic N) is 4. The van der Waals surface area contributed by atoms with Crippen molar-refractivity contribution in [3.63, 3.8) is 0 Å². The highest BCUT2D eigenvalue weighted by molar-refractivity contribution is 5.91. The summed E-state index contributed by atoms with van der Waals surface area (Å²) >= 11 is 0. The second-order valence-electron chi connectivity index (χ2n) is 7.01. The molecule has 1 amide bonds. The molecule has 7 nitrogen and oxygen atoms in total. The lowest BCUT2D eigenvalue weighted by Crippen LogP contribution is -2.28. The van der Waals surface area contributed by atoms with Gasteiger partial charge in [0, 0.05) is 30.8 Å². The SMILES string of the molecule is O=C(c1cnco1)N1CC(CF)C(c2nc(C3CCCCC3)n[nH]2)C1. The highest BCUT2D eigenvalue weighted by Crippen LogP contribution is 2.34. The fourth-order valence-electron chi connectivity index (χ4n) is 3.98. The van der Waals surface area contributed by atoms with Gasteiger partial charge in [-0.2, -0.15) is 5.10 Å². The number of amides is 1. The molecule has 2 aromatic heterocycles. The van der Waals surface area contributed by atoms with Crippen molar-refractivity contribution in [3.05, 3.63) is 30.0 Å². The number of hydrogen-bond donors (Lipinski definition) is 1. The molecule has 134 valence electrons. The summed E-state index contributed by atoms with van der Waals surface area (Å²) in [4.78, 5) is 22.5. The molecule has 0 aromatic carbocycles. The summed E-state index contributed by atoms with van der Waals surface area (Å²) in [5.41, 5.74) is 0. The molecule has 0 spiro atoms. The van der Waals surface area contributed by atoms with Crippen LogP contribution in [0.4, 0.5) is 4.39 Å². The Labute approximate surface area is 145 Å². The van der Waals surface area contributed by atoms with Crippen LogP contribution < -0.4 is 0 Å². The number of H-pyrrole nitrogens is 1. The van der Waals surface area contributed by atoms with E-state index in [2.05, 4.69) is 20.2 Å². The van der Waals surface area contributed by atoms with Crippen LogP contribution in [0.1, 0.15) is 66.1 Å². The summed E-state index contributed by atoms with van der Waals surface area (Å²) in [5, 5.41) is 7.38. The Bertz CT molecular complexity index is 710. The zero-order chi connectivity index (χ0) is 17.2. The van der Waals surface area contributed by atoms with Gasteiger partial charge in [-0.15, -0.1) is 0 Å². The molecular weight excluding hydrogens is 325 g/mol. The van der Waals surface area contributed by atoms with Crippen LogP contribution in [0.5, 0.6) is 0 Å². The molecule has 8 heteroatoms. The fraction of sp³-hybridized carbons (Fsp3) is 0.647. The number of aromatic nitrogens is 4. The van der Waals surface area contributed by atoms with Crippen LogP contribution in [0.3, 0.4) is 0 Å². The van der Waals surface area contributed by atoms with E-state index in [0.29, 0.717) is 24.8 Å². The number of aromatic amines is 1. The summed E-state index contributed by atoms with van der Waals surface area (Å²) in [6.45, 7) is 0.262. The smallest absolute Gasteiger partial charge is 0.291 e. The van der Waals surface area contributed by atoms with Crippen LogP contribution in [0.25, 0.3) is 0 Å². The molecular formula is C17H22FN5O2. The number of oxazole rings is 1. The van der Waals surface area contributed by atoms with Gasteiger partial charge in [-0.25, -0.2) is 9.97 Å². The highest BCUT2D eigenvalue weighted by atomic mass is 19.1. The maximum Gasteiger partial charge on any atom is 0.291 e. The van der Waals surface area contributed by atoms with E-state index in [4.69, 9.17) is 4.42 Å². The third-order valence-corrected chi connectivity index (χ3v) is 5.41. The zero-order valence-electron chi connectivity index (χ0n) is 14.0. The quantitative estimate of drug-likeness (QED) is 0.918. The van der Waals surface area contributed by atoms with Gasteiger partial charge in [0.15, 0.2) is 12.2 Å². The molecule has 2 aromatic rings. The van der Waals surface area contributed by atoms with Gasteiger partial charge < -0.3 is 9.32 Å². The minimum Gasteiger partial charge on any atom is -0.438 e. The predicted octanol–water partition coefficient (Wildman–Crippen LogP) is 2.67. The van der Waals surface area contributed by atoms with E-state index in [1.807, 2.05) is 0 Å². The normalized spacial score (nSPS) is 24.8. The van der Waals surface area contributed by atoms with Gasteiger partial charge in [-0.3, -0.25) is 14.3 Å². The lowest BCUT2D eigenvalue weighted by atomic mass is 9.89. The van der Waals surface area contributed by atoms with Crippen LogP contribution in [0.2, 0.25) is 0 Å². The lowest BCUT2D eigenvalue weighted by Gasteiger charge is -2.18. The number of alkyl halides is 1. The van der Waals surface area contributed by atoms with Crippen molar-refractivity contribution in [2.45, 2.75) is 43.9 Å². The molecule has 2 fully saturated rings. The number of halogens is 1. The molecule has 1 aliphatic carbocycles. The van der Waals surface area contributed by atoms with Crippen LogP contribution in [-0.2, 0) is 0 Å². The van der Waals surface area contributed by atoms with Gasteiger partial charge in [0.2, 0.25) is 5.76 Å². The Balaban J connectivity index is 1.49. The number of carbonyl (C=O) groups excluding carboxylic acids is 1. The van der Waals surface area contributed by atoms with E-state index in [1.54, 1.807) is 4.90 Å². The van der Waals surface area contributed by atoms with E-state index in [0.717, 1.165) is 18.7 Å². The Morgan fingerprint density at radius 3 is 2.88 bits per heavy atom. The van der Waals surface area contributed by atoms with Crippen molar-refractivity contribution >= 4 is 5.91 Å². The molecule has 4 rings (SSSR count). The topological polar surface area (TPSA) is 87.9 Å². The standard InChI is InChI=1S/C17H22FN5O2/c18-6-12-8-23(17(24)14-7-19-10-25-14)9-13(12)16-20-15(21-22-16)11-4-2-1-3-5-11/h7,10-13H,1-6,8-9H2,(H,20,21,22). The first-order valence-electron chi connectivity index (χ1n) is 8.92. The highest BCUT2D eigenvalue weighted by Gasteiger charge is 2.39. The molecule has 1 saturated heterocycles. The second-order valence-corrected chi connectivity index (χ2v) is 7.01. The molecule has 3 heterocycles. The molecule has 1 aliphatic heterocycles.